The Morgan fingerprint density at radius 1 is 1.27 bits per heavy atom. The molecule has 2 amide bonds. The van der Waals surface area contributed by atoms with Crippen molar-refractivity contribution in [3.05, 3.63) is 29.4 Å². The summed E-state index contributed by atoms with van der Waals surface area (Å²) in [7, 11) is 1.59. The number of aromatic hydroxyl groups is 1. The summed E-state index contributed by atoms with van der Waals surface area (Å²) >= 11 is 1.30. The normalized spacial score (nSPS) is 16.0. The fourth-order valence-electron chi connectivity index (χ4n) is 3.24. The van der Waals surface area contributed by atoms with Crippen molar-refractivity contribution in [1.82, 2.24) is 20.6 Å². The zero-order valence-electron chi connectivity index (χ0n) is 14.6. The van der Waals surface area contributed by atoms with Crippen LogP contribution in [0.25, 0.3) is 10.7 Å². The summed E-state index contributed by atoms with van der Waals surface area (Å²) in [5.74, 6) is -0.292. The van der Waals surface area contributed by atoms with E-state index in [2.05, 4.69) is 20.6 Å². The van der Waals surface area contributed by atoms with Crippen LogP contribution in [0.5, 0.6) is 5.75 Å². The Bertz CT molecular complexity index is 769. The SMILES string of the molecule is CNC(=O)[C@@H](NC(=O)c1csc(-c2ccc(O)cn2)n1)C1CCCCC1. The molecule has 2 aromatic rings. The lowest BCUT2D eigenvalue weighted by molar-refractivity contribution is -0.124. The number of nitrogens with one attached hydrogen (secondary N) is 2. The third-order valence-electron chi connectivity index (χ3n) is 4.64. The van der Waals surface area contributed by atoms with Gasteiger partial charge in [0.15, 0.2) is 0 Å². The van der Waals surface area contributed by atoms with Gasteiger partial charge in [0.2, 0.25) is 5.91 Å². The lowest BCUT2D eigenvalue weighted by Gasteiger charge is -2.29. The molecule has 0 aromatic carbocycles. The second kappa shape index (κ2) is 8.27. The van der Waals surface area contributed by atoms with Gasteiger partial charge in [0.05, 0.1) is 11.9 Å². The molecule has 1 atom stereocenters. The Kier molecular flexibility index (Phi) is 5.82. The number of amides is 2. The van der Waals surface area contributed by atoms with Crippen molar-refractivity contribution in [2.45, 2.75) is 38.1 Å². The number of likely N-dealkylation sites (N-methyl/N-ethyl adjacent to an activating group) is 1. The van der Waals surface area contributed by atoms with Crippen LogP contribution in [0.2, 0.25) is 0 Å². The van der Waals surface area contributed by atoms with Crippen LogP contribution < -0.4 is 10.6 Å². The largest absolute Gasteiger partial charge is 0.506 e. The van der Waals surface area contributed by atoms with Crippen LogP contribution in [-0.4, -0.2) is 40.0 Å². The van der Waals surface area contributed by atoms with Gasteiger partial charge >= 0.3 is 0 Å². The molecule has 0 saturated heterocycles. The zero-order valence-corrected chi connectivity index (χ0v) is 15.4. The van der Waals surface area contributed by atoms with E-state index in [-0.39, 0.29) is 29.2 Å². The van der Waals surface area contributed by atoms with Crippen LogP contribution in [0, 0.1) is 5.92 Å². The highest BCUT2D eigenvalue weighted by molar-refractivity contribution is 7.13. The smallest absolute Gasteiger partial charge is 0.271 e. The molecule has 3 rings (SSSR count). The first-order valence-corrected chi connectivity index (χ1v) is 9.60. The molecule has 0 spiro atoms. The number of nitrogens with zero attached hydrogens (tertiary/aromatic N) is 2. The van der Waals surface area contributed by atoms with Crippen molar-refractivity contribution < 1.29 is 14.7 Å². The first-order valence-electron chi connectivity index (χ1n) is 8.72. The molecule has 7 nitrogen and oxygen atoms in total. The molecular weight excluding hydrogens is 352 g/mol. The van der Waals surface area contributed by atoms with E-state index in [9.17, 15) is 14.7 Å². The number of hydrogen-bond acceptors (Lipinski definition) is 6. The quantitative estimate of drug-likeness (QED) is 0.745. The third kappa shape index (κ3) is 4.19. The number of rotatable bonds is 5. The van der Waals surface area contributed by atoms with E-state index >= 15 is 0 Å². The average Bonchev–Trinajstić information content (AvgIpc) is 3.17. The molecule has 1 aliphatic carbocycles. The summed E-state index contributed by atoms with van der Waals surface area (Å²) in [5, 5.41) is 17.1. The second-order valence-corrected chi connectivity index (χ2v) is 7.26. The van der Waals surface area contributed by atoms with E-state index in [4.69, 9.17) is 0 Å². The van der Waals surface area contributed by atoms with Gasteiger partial charge in [0.1, 0.15) is 22.5 Å². The number of carbonyl (C=O) groups is 2. The summed E-state index contributed by atoms with van der Waals surface area (Å²) < 4.78 is 0. The summed E-state index contributed by atoms with van der Waals surface area (Å²) in [4.78, 5) is 33.3. The van der Waals surface area contributed by atoms with Gasteiger partial charge in [-0.15, -0.1) is 11.3 Å². The van der Waals surface area contributed by atoms with E-state index in [1.54, 1.807) is 18.5 Å². The Morgan fingerprint density at radius 3 is 2.69 bits per heavy atom. The summed E-state index contributed by atoms with van der Waals surface area (Å²) in [5.41, 5.74) is 0.853. The number of aromatic nitrogens is 2. The molecular formula is C18H22N4O3S. The topological polar surface area (TPSA) is 104 Å². The fraction of sp³-hybridized carbons (Fsp3) is 0.444. The Morgan fingerprint density at radius 2 is 2.04 bits per heavy atom. The maximum absolute atomic E-state index is 12.6. The molecule has 0 bridgehead atoms. The first kappa shape index (κ1) is 18.3. The van der Waals surface area contributed by atoms with Crippen molar-refractivity contribution in [2.75, 3.05) is 7.05 Å². The molecule has 0 radical (unpaired) electrons. The number of pyridine rings is 1. The molecule has 0 unspecified atom stereocenters. The highest BCUT2D eigenvalue weighted by atomic mass is 32.1. The van der Waals surface area contributed by atoms with Crippen LogP contribution in [-0.2, 0) is 4.79 Å². The zero-order chi connectivity index (χ0) is 18.5. The van der Waals surface area contributed by atoms with Gasteiger partial charge < -0.3 is 15.7 Å². The molecule has 3 N–H and O–H groups in total. The van der Waals surface area contributed by atoms with Gasteiger partial charge in [-0.2, -0.15) is 0 Å². The van der Waals surface area contributed by atoms with E-state index < -0.39 is 6.04 Å². The van der Waals surface area contributed by atoms with Crippen LogP contribution >= 0.6 is 11.3 Å². The lowest BCUT2D eigenvalue weighted by atomic mass is 9.83. The Labute approximate surface area is 155 Å². The summed E-state index contributed by atoms with van der Waals surface area (Å²) in [6, 6.07) is 2.63. The monoisotopic (exact) mass is 374 g/mol. The Balaban J connectivity index is 1.73. The van der Waals surface area contributed by atoms with Crippen molar-refractivity contribution in [1.29, 1.82) is 0 Å². The van der Waals surface area contributed by atoms with Crippen molar-refractivity contribution in [3.63, 3.8) is 0 Å². The van der Waals surface area contributed by atoms with Crippen molar-refractivity contribution in [2.24, 2.45) is 5.92 Å². The van der Waals surface area contributed by atoms with E-state index in [0.29, 0.717) is 10.7 Å². The van der Waals surface area contributed by atoms with Crippen molar-refractivity contribution in [3.8, 4) is 16.5 Å². The number of thiazole rings is 1. The summed E-state index contributed by atoms with van der Waals surface area (Å²) in [6.07, 6.45) is 6.57. The molecule has 1 saturated carbocycles. The number of hydrogen-bond donors (Lipinski definition) is 3. The predicted octanol–water partition coefficient (Wildman–Crippen LogP) is 2.34. The highest BCUT2D eigenvalue weighted by Gasteiger charge is 2.31. The van der Waals surface area contributed by atoms with E-state index in [0.717, 1.165) is 25.7 Å². The maximum atomic E-state index is 12.6. The maximum Gasteiger partial charge on any atom is 0.271 e. The van der Waals surface area contributed by atoms with Gasteiger partial charge in [-0.1, -0.05) is 19.3 Å². The minimum atomic E-state index is -0.537. The Hall–Kier alpha value is -2.48. The lowest BCUT2D eigenvalue weighted by Crippen LogP contribution is -2.50. The van der Waals surface area contributed by atoms with E-state index in [1.807, 2.05) is 0 Å². The predicted molar refractivity (Wildman–Crippen MR) is 98.9 cm³/mol. The number of carbonyl (C=O) groups excluding carboxylic acids is 2. The van der Waals surface area contributed by atoms with Gasteiger partial charge in [-0.25, -0.2) is 9.97 Å². The van der Waals surface area contributed by atoms with Gasteiger partial charge in [-0.05, 0) is 30.9 Å². The van der Waals surface area contributed by atoms with Gasteiger partial charge in [-0.3, -0.25) is 9.59 Å². The minimum Gasteiger partial charge on any atom is -0.506 e. The molecule has 138 valence electrons. The molecule has 0 aliphatic heterocycles. The molecule has 1 aliphatic rings. The van der Waals surface area contributed by atoms with Crippen LogP contribution in [0.3, 0.4) is 0 Å². The summed E-state index contributed by atoms with van der Waals surface area (Å²) in [6.45, 7) is 0. The minimum absolute atomic E-state index is 0.0733. The van der Waals surface area contributed by atoms with Gasteiger partial charge in [0, 0.05) is 12.4 Å². The average molecular weight is 374 g/mol. The molecule has 2 aromatic heterocycles. The van der Waals surface area contributed by atoms with Crippen LogP contribution in [0.4, 0.5) is 0 Å². The van der Waals surface area contributed by atoms with Crippen molar-refractivity contribution >= 4 is 23.2 Å². The molecule has 2 heterocycles. The standard InChI is InChI=1S/C18H22N4O3S/c1-19-17(25)15(11-5-3-2-4-6-11)22-16(24)14-10-26-18(21-14)13-8-7-12(23)9-20-13/h7-11,15,23H,2-6H2,1H3,(H,19,25)(H,22,24)/t15-/m0/s1. The van der Waals surface area contributed by atoms with Crippen LogP contribution in [0.1, 0.15) is 42.6 Å². The second-order valence-electron chi connectivity index (χ2n) is 6.40. The van der Waals surface area contributed by atoms with E-state index in [1.165, 1.54) is 30.0 Å². The van der Waals surface area contributed by atoms with Gasteiger partial charge in [0.25, 0.3) is 5.91 Å². The molecule has 1 fully saturated rings. The molecule has 26 heavy (non-hydrogen) atoms. The third-order valence-corrected chi connectivity index (χ3v) is 5.51. The fourth-order valence-corrected chi connectivity index (χ4v) is 4.02. The molecule has 8 heteroatoms. The van der Waals surface area contributed by atoms with Crippen LogP contribution in [0.15, 0.2) is 23.7 Å². The first-order chi connectivity index (χ1) is 12.6. The highest BCUT2D eigenvalue weighted by Crippen LogP contribution is 2.27.